The maximum Gasteiger partial charge on any atom is 0.247 e. The molecule has 0 aliphatic carbocycles. The van der Waals surface area contributed by atoms with Gasteiger partial charge in [0.15, 0.2) is 0 Å². The van der Waals surface area contributed by atoms with Crippen molar-refractivity contribution in [3.8, 4) is 5.75 Å². The van der Waals surface area contributed by atoms with Gasteiger partial charge in [-0.1, -0.05) is 36.4 Å². The predicted octanol–water partition coefficient (Wildman–Crippen LogP) is 4.66. The number of methoxy groups -OCH3 is 1. The first-order valence-electron chi connectivity index (χ1n) is 8.47. The summed E-state index contributed by atoms with van der Waals surface area (Å²) in [5.74, 6) is 0.781. The van der Waals surface area contributed by atoms with Crippen LogP contribution in [0.5, 0.6) is 5.75 Å². The number of ether oxygens (including phenoxy) is 1. The van der Waals surface area contributed by atoms with Crippen LogP contribution in [0.15, 0.2) is 77.6 Å². The van der Waals surface area contributed by atoms with E-state index in [1.807, 2.05) is 86.6 Å². The van der Waals surface area contributed by atoms with Crippen molar-refractivity contribution in [3.63, 3.8) is 0 Å². The lowest BCUT2D eigenvalue weighted by atomic mass is 10.2. The summed E-state index contributed by atoms with van der Waals surface area (Å²) < 4.78 is 24.0. The molecule has 26 heavy (non-hydrogen) atoms. The lowest BCUT2D eigenvalue weighted by Gasteiger charge is -2.18. The van der Waals surface area contributed by atoms with Gasteiger partial charge in [-0.2, -0.15) is 0 Å². The zero-order chi connectivity index (χ0) is 18.6. The highest BCUT2D eigenvalue weighted by Crippen LogP contribution is 2.46. The van der Waals surface area contributed by atoms with Crippen molar-refractivity contribution >= 4 is 24.1 Å². The molecule has 0 aliphatic heterocycles. The molecular formula is C22H22NO2P. The van der Waals surface area contributed by atoms with Gasteiger partial charge < -0.3 is 4.74 Å². The number of hydrogen-bond donors (Lipinski definition) is 0. The van der Waals surface area contributed by atoms with Crippen LogP contribution in [0.25, 0.3) is 0 Å². The van der Waals surface area contributed by atoms with Gasteiger partial charge in [-0.3, -0.25) is 4.57 Å². The van der Waals surface area contributed by atoms with Crippen LogP contribution >= 0.6 is 7.29 Å². The highest BCUT2D eigenvalue weighted by Gasteiger charge is 2.29. The minimum Gasteiger partial charge on any atom is -0.497 e. The molecule has 3 nitrogen and oxygen atoms in total. The van der Waals surface area contributed by atoms with Crippen LogP contribution in [0.1, 0.15) is 16.7 Å². The number of rotatable bonds is 5. The van der Waals surface area contributed by atoms with E-state index < -0.39 is 7.29 Å². The van der Waals surface area contributed by atoms with Gasteiger partial charge in [0.25, 0.3) is 0 Å². The fraction of sp³-hybridized carbons (Fsp3) is 0.136. The molecule has 4 heteroatoms. The monoisotopic (exact) mass is 363 g/mol. The van der Waals surface area contributed by atoms with Crippen LogP contribution < -0.4 is 15.3 Å². The Morgan fingerprint density at radius 2 is 1.31 bits per heavy atom. The van der Waals surface area contributed by atoms with Gasteiger partial charge in [0.1, 0.15) is 5.75 Å². The summed E-state index contributed by atoms with van der Waals surface area (Å²) in [5, 5.41) is 1.55. The van der Waals surface area contributed by atoms with Gasteiger partial charge in [0, 0.05) is 16.8 Å². The molecule has 0 aromatic heterocycles. The van der Waals surface area contributed by atoms with Crippen LogP contribution in [-0.4, -0.2) is 13.3 Å². The molecular weight excluding hydrogens is 341 g/mol. The number of aryl methyl sites for hydroxylation is 2. The maximum absolute atomic E-state index is 14.1. The summed E-state index contributed by atoms with van der Waals surface area (Å²) in [4.78, 5) is 0. The van der Waals surface area contributed by atoms with Gasteiger partial charge in [0.05, 0.1) is 7.11 Å². The molecule has 0 atom stereocenters. The Kier molecular flexibility index (Phi) is 5.39. The van der Waals surface area contributed by atoms with E-state index in [9.17, 15) is 4.57 Å². The van der Waals surface area contributed by atoms with Crippen molar-refractivity contribution in [2.24, 2.45) is 4.76 Å². The van der Waals surface area contributed by atoms with Gasteiger partial charge >= 0.3 is 0 Å². The summed E-state index contributed by atoms with van der Waals surface area (Å²) in [5.41, 5.74) is 2.84. The van der Waals surface area contributed by atoms with Crippen molar-refractivity contribution in [2.45, 2.75) is 13.8 Å². The summed E-state index contributed by atoms with van der Waals surface area (Å²) in [6, 6.07) is 23.1. The van der Waals surface area contributed by atoms with Gasteiger partial charge in [-0.25, -0.2) is 4.76 Å². The molecule has 3 rings (SSSR count). The lowest BCUT2D eigenvalue weighted by Crippen LogP contribution is -2.19. The molecule has 0 amide bonds. The van der Waals surface area contributed by atoms with E-state index in [1.54, 1.807) is 13.3 Å². The zero-order valence-electron chi connectivity index (χ0n) is 15.2. The Hall–Kier alpha value is -2.64. The van der Waals surface area contributed by atoms with Gasteiger partial charge in [0.2, 0.25) is 7.29 Å². The van der Waals surface area contributed by atoms with Crippen molar-refractivity contribution in [3.05, 3.63) is 89.5 Å². The van der Waals surface area contributed by atoms with Gasteiger partial charge in [-0.05, 0) is 66.9 Å². The average molecular weight is 363 g/mol. The van der Waals surface area contributed by atoms with Crippen molar-refractivity contribution in [2.75, 3.05) is 7.11 Å². The number of nitrogens with zero attached hydrogens (tertiary/aromatic N) is 1. The first-order valence-corrected chi connectivity index (χ1v) is 10.1. The Morgan fingerprint density at radius 1 is 0.808 bits per heavy atom. The van der Waals surface area contributed by atoms with E-state index in [-0.39, 0.29) is 0 Å². The molecule has 0 spiro atoms. The zero-order valence-corrected chi connectivity index (χ0v) is 16.1. The summed E-state index contributed by atoms with van der Waals surface area (Å²) in [6.07, 6.45) is 1.69. The first kappa shape index (κ1) is 18.2. The predicted molar refractivity (Wildman–Crippen MR) is 110 cm³/mol. The molecule has 0 saturated heterocycles. The molecule has 3 aromatic carbocycles. The topological polar surface area (TPSA) is 38.7 Å². The van der Waals surface area contributed by atoms with Crippen LogP contribution in [0.3, 0.4) is 0 Å². The van der Waals surface area contributed by atoms with Crippen molar-refractivity contribution in [1.29, 1.82) is 0 Å². The Morgan fingerprint density at radius 3 is 1.77 bits per heavy atom. The third-order valence-corrected chi connectivity index (χ3v) is 7.12. The Labute approximate surface area is 154 Å². The third-order valence-electron chi connectivity index (χ3n) is 4.37. The fourth-order valence-electron chi connectivity index (χ4n) is 2.90. The lowest BCUT2D eigenvalue weighted by molar-refractivity contribution is 0.415. The van der Waals surface area contributed by atoms with E-state index in [0.717, 1.165) is 33.0 Å². The van der Waals surface area contributed by atoms with Crippen LogP contribution in [0, 0.1) is 13.8 Å². The van der Waals surface area contributed by atoms with Crippen molar-refractivity contribution in [1.82, 2.24) is 0 Å². The Bertz CT molecular complexity index is 928. The normalized spacial score (nSPS) is 11.7. The average Bonchev–Trinajstić information content (AvgIpc) is 2.67. The molecule has 0 saturated carbocycles. The molecule has 0 heterocycles. The molecule has 3 aromatic rings. The summed E-state index contributed by atoms with van der Waals surface area (Å²) in [7, 11) is -1.51. The molecule has 132 valence electrons. The minimum atomic E-state index is -3.15. The SMILES string of the molecule is COc1ccc(/C=N/P(=O)(c2ccccc2C)c2ccccc2C)cc1. The molecule has 0 N–H and O–H groups in total. The van der Waals surface area contributed by atoms with E-state index in [2.05, 4.69) is 4.76 Å². The molecule has 0 radical (unpaired) electrons. The fourth-order valence-corrected chi connectivity index (χ4v) is 5.38. The standard InChI is InChI=1S/C22H22NO2P/c1-17-8-4-6-10-21(17)26(24,22-11-7-5-9-18(22)2)23-16-19-12-14-20(25-3)15-13-19/h4-16H,1-3H3/b23-16+. The minimum absolute atomic E-state index is 0.777. The maximum atomic E-state index is 14.1. The Balaban J connectivity index is 2.12. The van der Waals surface area contributed by atoms with Gasteiger partial charge in [-0.15, -0.1) is 0 Å². The van der Waals surface area contributed by atoms with Crippen LogP contribution in [-0.2, 0) is 4.57 Å². The second kappa shape index (κ2) is 7.72. The first-order chi connectivity index (χ1) is 12.5. The molecule has 0 fully saturated rings. The van der Waals surface area contributed by atoms with Crippen LogP contribution in [0.4, 0.5) is 0 Å². The molecule has 0 aliphatic rings. The highest BCUT2D eigenvalue weighted by atomic mass is 31.2. The van der Waals surface area contributed by atoms with E-state index in [4.69, 9.17) is 4.74 Å². The summed E-state index contributed by atoms with van der Waals surface area (Å²) in [6.45, 7) is 3.95. The third kappa shape index (κ3) is 3.63. The second-order valence-corrected chi connectivity index (χ2v) is 8.51. The number of benzene rings is 3. The van der Waals surface area contributed by atoms with E-state index in [0.29, 0.717) is 0 Å². The highest BCUT2D eigenvalue weighted by molar-refractivity contribution is 7.77. The molecule has 0 bridgehead atoms. The summed E-state index contributed by atoms with van der Waals surface area (Å²) >= 11 is 0. The quantitative estimate of drug-likeness (QED) is 0.488. The smallest absolute Gasteiger partial charge is 0.247 e. The second-order valence-electron chi connectivity index (χ2n) is 6.17. The largest absolute Gasteiger partial charge is 0.497 e. The van der Waals surface area contributed by atoms with E-state index in [1.165, 1.54) is 0 Å². The van der Waals surface area contributed by atoms with Crippen LogP contribution in [0.2, 0.25) is 0 Å². The molecule has 0 unspecified atom stereocenters. The van der Waals surface area contributed by atoms with Crippen molar-refractivity contribution < 1.29 is 9.30 Å². The number of hydrogen-bond acceptors (Lipinski definition) is 2. The van der Waals surface area contributed by atoms with E-state index >= 15 is 0 Å².